The van der Waals surface area contributed by atoms with Gasteiger partial charge in [-0.05, 0) is 19.1 Å². The van der Waals surface area contributed by atoms with Crippen molar-refractivity contribution in [1.29, 1.82) is 0 Å². The number of anilines is 2. The summed E-state index contributed by atoms with van der Waals surface area (Å²) in [4.78, 5) is 29.8. The Kier molecular flexibility index (Phi) is 8.80. The zero-order valence-corrected chi connectivity index (χ0v) is 19.7. The second kappa shape index (κ2) is 12.0. The summed E-state index contributed by atoms with van der Waals surface area (Å²) in [7, 11) is 1.69. The molecular formula is C23H26ClFN6O3. The summed E-state index contributed by atoms with van der Waals surface area (Å²) in [6.07, 6.45) is 5.46. The number of ether oxygens (including phenoxy) is 1. The van der Waals surface area contributed by atoms with Gasteiger partial charge in [0.2, 0.25) is 11.8 Å². The second-order valence-electron chi connectivity index (χ2n) is 7.61. The summed E-state index contributed by atoms with van der Waals surface area (Å²) in [5, 5.41) is 9.72. The topological polar surface area (TPSA) is 101 Å². The fraction of sp³-hybridized carbons (Fsp3) is 0.304. The van der Waals surface area contributed by atoms with Crippen molar-refractivity contribution in [2.45, 2.75) is 19.9 Å². The number of likely N-dealkylation sites (N-methyl/N-ethyl adjacent to an activating group) is 1. The van der Waals surface area contributed by atoms with Crippen LogP contribution in [0.15, 0.2) is 49.1 Å². The smallest absolute Gasteiger partial charge is 0.244 e. The zero-order chi connectivity index (χ0) is 24.5. The molecule has 3 rings (SSSR count). The van der Waals surface area contributed by atoms with Crippen LogP contribution in [-0.4, -0.2) is 58.2 Å². The Balaban J connectivity index is 1.38. The maximum atomic E-state index is 13.7. The van der Waals surface area contributed by atoms with Crippen LogP contribution in [0.25, 0.3) is 0 Å². The number of amides is 2. The second-order valence-corrected chi connectivity index (χ2v) is 8.01. The van der Waals surface area contributed by atoms with Crippen LogP contribution in [0.4, 0.5) is 15.8 Å². The lowest BCUT2D eigenvalue weighted by atomic mass is 10.2. The standard InChI is InChI=1S/C23H26ClFN6O3/c1-16-3-5-18(6-4-16)34-10-9-30(2)22(33)15-31-14-17(11-28-31)29-21(32)7-8-27-23-19(24)12-26-13-20(23)25/h3-6,11-14H,7-10,15H2,1-2H3,(H,26,27)(H,29,32). The lowest BCUT2D eigenvalue weighted by molar-refractivity contribution is -0.131. The average Bonchev–Trinajstić information content (AvgIpc) is 3.23. The number of aryl methyl sites for hydroxylation is 1. The summed E-state index contributed by atoms with van der Waals surface area (Å²) >= 11 is 5.89. The third kappa shape index (κ3) is 7.45. The highest BCUT2D eigenvalue weighted by Crippen LogP contribution is 2.23. The van der Waals surface area contributed by atoms with Crippen LogP contribution in [0, 0.1) is 12.7 Å². The number of hydrogen-bond acceptors (Lipinski definition) is 6. The van der Waals surface area contributed by atoms with E-state index in [1.807, 2.05) is 31.2 Å². The largest absolute Gasteiger partial charge is 0.492 e. The fourth-order valence-electron chi connectivity index (χ4n) is 2.94. The molecule has 180 valence electrons. The third-order valence-electron chi connectivity index (χ3n) is 4.86. The van der Waals surface area contributed by atoms with Gasteiger partial charge in [0.25, 0.3) is 0 Å². The van der Waals surface area contributed by atoms with Crippen LogP contribution in [0.5, 0.6) is 5.75 Å². The summed E-state index contributed by atoms with van der Waals surface area (Å²) in [5.74, 6) is -0.281. The van der Waals surface area contributed by atoms with Gasteiger partial charge in [-0.25, -0.2) is 4.39 Å². The van der Waals surface area contributed by atoms with E-state index < -0.39 is 5.82 Å². The quantitative estimate of drug-likeness (QED) is 0.429. The number of aromatic nitrogens is 3. The van der Waals surface area contributed by atoms with E-state index in [0.29, 0.717) is 18.8 Å². The van der Waals surface area contributed by atoms with Crippen molar-refractivity contribution < 1.29 is 18.7 Å². The Labute approximate surface area is 201 Å². The van der Waals surface area contributed by atoms with E-state index >= 15 is 0 Å². The van der Waals surface area contributed by atoms with Crippen LogP contribution < -0.4 is 15.4 Å². The van der Waals surface area contributed by atoms with Crippen molar-refractivity contribution in [1.82, 2.24) is 19.7 Å². The predicted octanol–water partition coefficient (Wildman–Crippen LogP) is 3.36. The fourth-order valence-corrected chi connectivity index (χ4v) is 3.15. The minimum Gasteiger partial charge on any atom is -0.492 e. The number of hydrogen-bond donors (Lipinski definition) is 2. The number of nitrogens with one attached hydrogen (secondary N) is 2. The summed E-state index contributed by atoms with van der Waals surface area (Å²) in [5.41, 5.74) is 1.71. The molecule has 0 radical (unpaired) electrons. The van der Waals surface area contributed by atoms with Crippen molar-refractivity contribution in [3.63, 3.8) is 0 Å². The van der Waals surface area contributed by atoms with Crippen LogP contribution in [0.1, 0.15) is 12.0 Å². The van der Waals surface area contributed by atoms with Crippen molar-refractivity contribution in [3.05, 3.63) is 65.5 Å². The molecule has 0 aliphatic heterocycles. The third-order valence-corrected chi connectivity index (χ3v) is 5.15. The molecule has 2 aromatic heterocycles. The molecule has 9 nitrogen and oxygen atoms in total. The zero-order valence-electron chi connectivity index (χ0n) is 18.9. The number of halogens is 2. The normalized spacial score (nSPS) is 10.6. The first kappa shape index (κ1) is 25.0. The van der Waals surface area contributed by atoms with Gasteiger partial charge in [-0.3, -0.25) is 19.3 Å². The number of carbonyl (C=O) groups is 2. The Morgan fingerprint density at radius 1 is 1.21 bits per heavy atom. The molecule has 1 aromatic carbocycles. The molecule has 0 atom stereocenters. The van der Waals surface area contributed by atoms with Crippen LogP contribution in [-0.2, 0) is 16.1 Å². The summed E-state index contributed by atoms with van der Waals surface area (Å²) in [6.45, 7) is 3.00. The first-order valence-corrected chi connectivity index (χ1v) is 11.0. The van der Waals surface area contributed by atoms with Gasteiger partial charge in [-0.2, -0.15) is 5.10 Å². The van der Waals surface area contributed by atoms with Crippen LogP contribution in [0.2, 0.25) is 5.02 Å². The van der Waals surface area contributed by atoms with E-state index in [4.69, 9.17) is 16.3 Å². The molecule has 2 N–H and O–H groups in total. The molecule has 0 unspecified atom stereocenters. The summed E-state index contributed by atoms with van der Waals surface area (Å²) < 4.78 is 20.8. The lowest BCUT2D eigenvalue weighted by Gasteiger charge is -2.17. The van der Waals surface area contributed by atoms with E-state index in [-0.39, 0.29) is 42.0 Å². The molecule has 2 amide bonds. The lowest BCUT2D eigenvalue weighted by Crippen LogP contribution is -2.33. The number of benzene rings is 1. The van der Waals surface area contributed by atoms with Gasteiger partial charge in [0.15, 0.2) is 5.82 Å². The molecular weight excluding hydrogens is 463 g/mol. The highest BCUT2D eigenvalue weighted by molar-refractivity contribution is 6.33. The molecule has 3 aromatic rings. The van der Waals surface area contributed by atoms with Gasteiger partial charge in [-0.15, -0.1) is 0 Å². The van der Waals surface area contributed by atoms with E-state index in [2.05, 4.69) is 20.7 Å². The van der Waals surface area contributed by atoms with Gasteiger partial charge in [0.05, 0.1) is 35.3 Å². The van der Waals surface area contributed by atoms with Crippen molar-refractivity contribution in [2.75, 3.05) is 37.4 Å². The highest BCUT2D eigenvalue weighted by atomic mass is 35.5. The van der Waals surface area contributed by atoms with E-state index in [0.717, 1.165) is 17.5 Å². The average molecular weight is 489 g/mol. The van der Waals surface area contributed by atoms with Gasteiger partial charge in [0.1, 0.15) is 18.9 Å². The van der Waals surface area contributed by atoms with E-state index in [9.17, 15) is 14.0 Å². The molecule has 0 saturated heterocycles. The number of pyridine rings is 1. The molecule has 0 bridgehead atoms. The highest BCUT2D eigenvalue weighted by Gasteiger charge is 2.12. The van der Waals surface area contributed by atoms with E-state index in [1.165, 1.54) is 17.1 Å². The molecule has 2 heterocycles. The molecule has 34 heavy (non-hydrogen) atoms. The minimum atomic E-state index is -0.592. The van der Waals surface area contributed by atoms with Crippen LogP contribution >= 0.6 is 11.6 Å². The molecule has 0 saturated carbocycles. The maximum Gasteiger partial charge on any atom is 0.244 e. The van der Waals surface area contributed by atoms with Gasteiger partial charge in [0, 0.05) is 32.4 Å². The molecule has 0 fully saturated rings. The first-order valence-electron chi connectivity index (χ1n) is 10.6. The Morgan fingerprint density at radius 3 is 2.71 bits per heavy atom. The van der Waals surface area contributed by atoms with Crippen LogP contribution in [0.3, 0.4) is 0 Å². The number of rotatable bonds is 11. The predicted molar refractivity (Wildman–Crippen MR) is 127 cm³/mol. The van der Waals surface area contributed by atoms with Crippen molar-refractivity contribution in [2.24, 2.45) is 0 Å². The Morgan fingerprint density at radius 2 is 1.97 bits per heavy atom. The van der Waals surface area contributed by atoms with Gasteiger partial charge < -0.3 is 20.3 Å². The van der Waals surface area contributed by atoms with E-state index in [1.54, 1.807) is 18.1 Å². The minimum absolute atomic E-state index is 0.0261. The summed E-state index contributed by atoms with van der Waals surface area (Å²) in [6, 6.07) is 7.70. The monoisotopic (exact) mass is 488 g/mol. The van der Waals surface area contributed by atoms with Gasteiger partial charge in [-0.1, -0.05) is 29.3 Å². The molecule has 11 heteroatoms. The SMILES string of the molecule is Cc1ccc(OCCN(C)C(=O)Cn2cc(NC(=O)CCNc3c(F)cncc3Cl)cn2)cc1. The van der Waals surface area contributed by atoms with Gasteiger partial charge >= 0.3 is 0 Å². The first-order chi connectivity index (χ1) is 16.3. The molecule has 0 aliphatic carbocycles. The molecule has 0 spiro atoms. The van der Waals surface area contributed by atoms with Crippen molar-refractivity contribution >= 4 is 34.8 Å². The van der Waals surface area contributed by atoms with Crippen molar-refractivity contribution in [3.8, 4) is 5.75 Å². The molecule has 0 aliphatic rings. The maximum absolute atomic E-state index is 13.7. The number of carbonyl (C=O) groups excluding carboxylic acids is 2. The number of nitrogens with zero attached hydrogens (tertiary/aromatic N) is 4. The Bertz CT molecular complexity index is 1100. The Hall–Kier alpha value is -3.66.